The van der Waals surface area contributed by atoms with Gasteiger partial charge in [-0.1, -0.05) is 36.4 Å². The maximum atomic E-state index is 13.6. The highest BCUT2D eigenvalue weighted by Gasteiger charge is 2.28. The van der Waals surface area contributed by atoms with Crippen LogP contribution < -0.4 is 15.3 Å². The molecule has 0 aliphatic heterocycles. The van der Waals surface area contributed by atoms with Crippen molar-refractivity contribution >= 4 is 36.3 Å². The molecule has 0 unspecified atom stereocenters. The minimum Gasteiger partial charge on any atom is -0.304 e. The average molecular weight is 441 g/mol. The van der Waals surface area contributed by atoms with Gasteiger partial charge in [-0.05, 0) is 24.3 Å². The van der Waals surface area contributed by atoms with Crippen LogP contribution in [0.5, 0.6) is 0 Å². The van der Waals surface area contributed by atoms with E-state index in [1.54, 1.807) is 60.7 Å². The number of nitro groups is 2. The van der Waals surface area contributed by atoms with Crippen molar-refractivity contribution in [1.82, 2.24) is 5.09 Å². The van der Waals surface area contributed by atoms with E-state index in [2.05, 4.69) is 15.3 Å². The van der Waals surface area contributed by atoms with Crippen LogP contribution in [-0.2, 0) is 4.57 Å². The summed E-state index contributed by atoms with van der Waals surface area (Å²) in [5, 5.41) is 29.9. The highest BCUT2D eigenvalue weighted by Crippen LogP contribution is 2.42. The fraction of sp³-hybridized carbons (Fsp3) is 0. The van der Waals surface area contributed by atoms with Crippen LogP contribution in [0.4, 0.5) is 22.7 Å². The van der Waals surface area contributed by atoms with E-state index in [0.717, 1.165) is 18.2 Å². The zero-order chi connectivity index (χ0) is 22.4. The Morgan fingerprint density at radius 3 is 1.55 bits per heavy atom. The van der Waals surface area contributed by atoms with E-state index in [1.807, 2.05) is 0 Å². The van der Waals surface area contributed by atoms with Gasteiger partial charge in [-0.3, -0.25) is 34.7 Å². The first-order valence-corrected chi connectivity index (χ1v) is 10.5. The monoisotopic (exact) mass is 441 g/mol. The van der Waals surface area contributed by atoms with Crippen molar-refractivity contribution in [2.45, 2.75) is 0 Å². The van der Waals surface area contributed by atoms with E-state index in [-0.39, 0.29) is 5.56 Å². The van der Waals surface area contributed by atoms with Crippen molar-refractivity contribution in [2.75, 3.05) is 10.2 Å². The SMILES string of the molecule is O=C(NP(=O)(Nc1ccccc1)Nc1ccccc1)c1cc([N+](=O)[O-])cc([N+](=O)[O-])c1. The Morgan fingerprint density at radius 2 is 1.16 bits per heavy atom. The zero-order valence-corrected chi connectivity index (χ0v) is 16.7. The molecule has 11 nitrogen and oxygen atoms in total. The number of non-ortho nitro benzene ring substituents is 2. The molecule has 0 saturated carbocycles. The summed E-state index contributed by atoms with van der Waals surface area (Å²) in [6, 6.07) is 19.3. The van der Waals surface area contributed by atoms with Crippen LogP contribution in [0.15, 0.2) is 78.9 Å². The summed E-state index contributed by atoms with van der Waals surface area (Å²) in [6.45, 7) is 0. The van der Waals surface area contributed by atoms with E-state index in [1.165, 1.54) is 0 Å². The average Bonchev–Trinajstić information content (AvgIpc) is 2.74. The molecule has 0 aliphatic rings. The van der Waals surface area contributed by atoms with Gasteiger partial charge in [0.1, 0.15) is 0 Å². The van der Waals surface area contributed by atoms with E-state index < -0.39 is 34.7 Å². The molecule has 12 heteroatoms. The lowest BCUT2D eigenvalue weighted by molar-refractivity contribution is -0.394. The van der Waals surface area contributed by atoms with Gasteiger partial charge in [0.15, 0.2) is 0 Å². The number of amides is 1. The van der Waals surface area contributed by atoms with Gasteiger partial charge in [0, 0.05) is 23.5 Å². The quantitative estimate of drug-likeness (QED) is 0.261. The van der Waals surface area contributed by atoms with Crippen LogP contribution >= 0.6 is 7.59 Å². The smallest absolute Gasteiger partial charge is 0.304 e. The van der Waals surface area contributed by atoms with Crippen molar-refractivity contribution in [2.24, 2.45) is 0 Å². The van der Waals surface area contributed by atoms with Crippen molar-refractivity contribution in [3.05, 3.63) is 105 Å². The van der Waals surface area contributed by atoms with Crippen molar-refractivity contribution in [3.63, 3.8) is 0 Å². The van der Waals surface area contributed by atoms with Gasteiger partial charge in [-0.25, -0.2) is 0 Å². The molecule has 0 atom stereocenters. The first-order valence-electron chi connectivity index (χ1n) is 8.79. The van der Waals surface area contributed by atoms with Crippen LogP contribution in [-0.4, -0.2) is 15.8 Å². The van der Waals surface area contributed by atoms with Crippen LogP contribution in [0.3, 0.4) is 0 Å². The maximum absolute atomic E-state index is 13.6. The zero-order valence-electron chi connectivity index (χ0n) is 15.8. The summed E-state index contributed by atoms with van der Waals surface area (Å²) < 4.78 is 13.6. The number of nitrogens with one attached hydrogen (secondary N) is 3. The summed E-state index contributed by atoms with van der Waals surface area (Å²) in [7, 11) is -3.90. The summed E-state index contributed by atoms with van der Waals surface area (Å²) in [6.07, 6.45) is 0. The molecule has 1 amide bonds. The Bertz CT molecular complexity index is 1100. The molecule has 3 rings (SSSR count). The predicted molar refractivity (Wildman–Crippen MR) is 115 cm³/mol. The normalized spacial score (nSPS) is 10.7. The minimum atomic E-state index is -3.90. The fourth-order valence-electron chi connectivity index (χ4n) is 2.62. The molecule has 0 aromatic heterocycles. The number of rotatable bonds is 8. The third-order valence-electron chi connectivity index (χ3n) is 3.97. The van der Waals surface area contributed by atoms with Gasteiger partial charge in [0.25, 0.3) is 17.3 Å². The molecule has 0 saturated heterocycles. The Kier molecular flexibility index (Phi) is 6.27. The van der Waals surface area contributed by atoms with E-state index in [0.29, 0.717) is 11.4 Å². The van der Waals surface area contributed by atoms with Crippen molar-refractivity contribution in [3.8, 4) is 0 Å². The number of nitro benzene ring substituents is 2. The molecular formula is C19H16N5O6P. The highest BCUT2D eigenvalue weighted by atomic mass is 31.2. The Labute approximate surface area is 175 Å². The summed E-state index contributed by atoms with van der Waals surface area (Å²) in [5.41, 5.74) is -0.799. The van der Waals surface area contributed by atoms with Crippen molar-refractivity contribution in [1.29, 1.82) is 0 Å². The summed E-state index contributed by atoms with van der Waals surface area (Å²) >= 11 is 0. The second-order valence-electron chi connectivity index (χ2n) is 6.26. The van der Waals surface area contributed by atoms with E-state index in [4.69, 9.17) is 0 Å². The lowest BCUT2D eigenvalue weighted by atomic mass is 10.1. The maximum Gasteiger partial charge on any atom is 0.355 e. The molecule has 3 N–H and O–H groups in total. The van der Waals surface area contributed by atoms with Gasteiger partial charge < -0.3 is 10.2 Å². The van der Waals surface area contributed by atoms with Crippen LogP contribution in [0.25, 0.3) is 0 Å². The molecule has 3 aromatic rings. The summed E-state index contributed by atoms with van der Waals surface area (Å²) in [5.74, 6) is -0.998. The van der Waals surface area contributed by atoms with Crippen LogP contribution in [0, 0.1) is 20.2 Å². The highest BCUT2D eigenvalue weighted by molar-refractivity contribution is 7.65. The molecule has 0 fully saturated rings. The summed E-state index contributed by atoms with van der Waals surface area (Å²) in [4.78, 5) is 33.3. The fourth-order valence-corrected chi connectivity index (χ4v) is 4.23. The molecule has 31 heavy (non-hydrogen) atoms. The predicted octanol–water partition coefficient (Wildman–Crippen LogP) is 4.57. The van der Waals surface area contributed by atoms with Crippen LogP contribution in [0.1, 0.15) is 10.4 Å². The van der Waals surface area contributed by atoms with Gasteiger partial charge in [0.2, 0.25) is 0 Å². The van der Waals surface area contributed by atoms with Gasteiger partial charge in [-0.2, -0.15) is 0 Å². The lowest BCUT2D eigenvalue weighted by Gasteiger charge is -2.23. The Hall–Kier alpha value is -4.24. The lowest BCUT2D eigenvalue weighted by Crippen LogP contribution is -2.28. The molecule has 0 radical (unpaired) electrons. The van der Waals surface area contributed by atoms with Gasteiger partial charge in [0.05, 0.1) is 21.5 Å². The van der Waals surface area contributed by atoms with Crippen LogP contribution in [0.2, 0.25) is 0 Å². The van der Waals surface area contributed by atoms with Crippen molar-refractivity contribution < 1.29 is 19.2 Å². The molecule has 0 heterocycles. The number of benzene rings is 3. The molecule has 0 spiro atoms. The molecule has 0 aliphatic carbocycles. The first-order chi connectivity index (χ1) is 14.8. The van der Waals surface area contributed by atoms with Gasteiger partial charge >= 0.3 is 7.59 Å². The number of anilines is 2. The topological polar surface area (TPSA) is 157 Å². The number of hydrogen-bond acceptors (Lipinski definition) is 6. The van der Waals surface area contributed by atoms with E-state index in [9.17, 15) is 29.6 Å². The molecule has 158 valence electrons. The largest absolute Gasteiger partial charge is 0.355 e. The standard InChI is InChI=1S/C19H16N5O6P/c25-19(14-11-17(23(26)27)13-18(12-14)24(28)29)22-31(30,20-15-7-3-1-4-8-15)21-16-9-5-2-6-10-16/h1-13H,(H3,20,21,22,25,30). The second-order valence-corrected chi connectivity index (χ2v) is 8.15. The third-order valence-corrected chi connectivity index (χ3v) is 5.63. The number of carbonyl (C=O) groups is 1. The molecule has 3 aromatic carbocycles. The van der Waals surface area contributed by atoms with Gasteiger partial charge in [-0.15, -0.1) is 0 Å². The molecular weight excluding hydrogens is 425 g/mol. The third kappa shape index (κ3) is 5.64. The Balaban J connectivity index is 1.95. The number of para-hydroxylation sites is 2. The Morgan fingerprint density at radius 1 is 0.742 bits per heavy atom. The molecule has 0 bridgehead atoms. The first kappa shape index (κ1) is 21.5. The number of carbonyl (C=O) groups excluding carboxylic acids is 1. The number of nitrogens with zero attached hydrogens (tertiary/aromatic N) is 2. The number of hydrogen-bond donors (Lipinski definition) is 3. The van der Waals surface area contributed by atoms with E-state index >= 15 is 0 Å². The second kappa shape index (κ2) is 9.06. The minimum absolute atomic E-state index is 0.383.